The summed E-state index contributed by atoms with van der Waals surface area (Å²) in [5.74, 6) is 2.31. The van der Waals surface area contributed by atoms with Crippen LogP contribution >= 0.6 is 0 Å². The molecular formula is C9H16N4O. The Kier molecular flexibility index (Phi) is 2.79. The lowest BCUT2D eigenvalue weighted by atomic mass is 10.2. The summed E-state index contributed by atoms with van der Waals surface area (Å²) in [5, 5.41) is 7.06. The number of hydrogen-bond donors (Lipinski definition) is 2. The van der Waals surface area contributed by atoms with Crippen molar-refractivity contribution in [2.45, 2.75) is 31.2 Å². The Morgan fingerprint density at radius 2 is 2.43 bits per heavy atom. The molecule has 78 valence electrons. The van der Waals surface area contributed by atoms with Gasteiger partial charge in [0, 0.05) is 19.6 Å². The van der Waals surface area contributed by atoms with Crippen molar-refractivity contribution in [1.82, 2.24) is 15.2 Å². The number of aromatic nitrogens is 3. The SMILES string of the molecule is COCCC(N)c1n[nH]c(C2CC2)n1. The fourth-order valence-electron chi connectivity index (χ4n) is 1.37. The molecule has 1 aromatic rings. The van der Waals surface area contributed by atoms with Gasteiger partial charge in [0.05, 0.1) is 6.04 Å². The zero-order chi connectivity index (χ0) is 9.97. The first-order chi connectivity index (χ1) is 6.81. The highest BCUT2D eigenvalue weighted by atomic mass is 16.5. The van der Waals surface area contributed by atoms with Crippen molar-refractivity contribution < 1.29 is 4.74 Å². The second-order valence-electron chi connectivity index (χ2n) is 3.74. The van der Waals surface area contributed by atoms with Gasteiger partial charge in [0.1, 0.15) is 5.82 Å². The van der Waals surface area contributed by atoms with E-state index in [9.17, 15) is 0 Å². The van der Waals surface area contributed by atoms with E-state index in [1.165, 1.54) is 12.8 Å². The molecule has 0 aliphatic heterocycles. The molecule has 1 unspecified atom stereocenters. The van der Waals surface area contributed by atoms with Crippen LogP contribution in [-0.4, -0.2) is 28.9 Å². The number of nitrogens with zero attached hydrogens (tertiary/aromatic N) is 2. The molecule has 0 aromatic carbocycles. The summed E-state index contributed by atoms with van der Waals surface area (Å²) in [6, 6.07) is -0.112. The third-order valence-corrected chi connectivity index (χ3v) is 2.45. The Bertz CT molecular complexity index is 295. The van der Waals surface area contributed by atoms with Crippen LogP contribution in [0.5, 0.6) is 0 Å². The lowest BCUT2D eigenvalue weighted by Gasteiger charge is -2.05. The smallest absolute Gasteiger partial charge is 0.167 e. The summed E-state index contributed by atoms with van der Waals surface area (Å²) in [6.45, 7) is 0.647. The van der Waals surface area contributed by atoms with Crippen LogP contribution in [0.4, 0.5) is 0 Å². The van der Waals surface area contributed by atoms with Crippen LogP contribution in [0.1, 0.15) is 42.9 Å². The van der Waals surface area contributed by atoms with E-state index in [1.54, 1.807) is 7.11 Å². The third-order valence-electron chi connectivity index (χ3n) is 2.45. The van der Waals surface area contributed by atoms with Crippen LogP contribution in [0.3, 0.4) is 0 Å². The van der Waals surface area contributed by atoms with Crippen molar-refractivity contribution in [2.24, 2.45) is 5.73 Å². The molecule has 3 N–H and O–H groups in total. The van der Waals surface area contributed by atoms with Crippen LogP contribution in [-0.2, 0) is 4.74 Å². The molecule has 14 heavy (non-hydrogen) atoms. The molecule has 5 heteroatoms. The number of rotatable bonds is 5. The van der Waals surface area contributed by atoms with E-state index in [2.05, 4.69) is 15.2 Å². The van der Waals surface area contributed by atoms with Gasteiger partial charge in [-0.25, -0.2) is 4.98 Å². The molecule has 1 fully saturated rings. The Balaban J connectivity index is 1.93. The molecule has 1 aliphatic carbocycles. The summed E-state index contributed by atoms with van der Waals surface area (Å²) in [7, 11) is 1.67. The van der Waals surface area contributed by atoms with E-state index in [0.29, 0.717) is 18.3 Å². The molecule has 1 aliphatic rings. The van der Waals surface area contributed by atoms with Gasteiger partial charge in [-0.15, -0.1) is 0 Å². The van der Waals surface area contributed by atoms with Crippen molar-refractivity contribution >= 4 is 0 Å². The maximum atomic E-state index is 5.89. The van der Waals surface area contributed by atoms with Crippen LogP contribution in [0, 0.1) is 0 Å². The van der Waals surface area contributed by atoms with E-state index in [0.717, 1.165) is 12.2 Å². The third kappa shape index (κ3) is 2.10. The normalized spacial score (nSPS) is 18.4. The minimum Gasteiger partial charge on any atom is -0.385 e. The van der Waals surface area contributed by atoms with Gasteiger partial charge in [0.15, 0.2) is 5.82 Å². The van der Waals surface area contributed by atoms with Crippen LogP contribution < -0.4 is 5.73 Å². The van der Waals surface area contributed by atoms with Crippen molar-refractivity contribution in [1.29, 1.82) is 0 Å². The zero-order valence-electron chi connectivity index (χ0n) is 8.36. The summed E-state index contributed by atoms with van der Waals surface area (Å²) < 4.78 is 4.95. The summed E-state index contributed by atoms with van der Waals surface area (Å²) in [6.07, 6.45) is 3.21. The highest BCUT2D eigenvalue weighted by molar-refractivity contribution is 5.06. The molecule has 0 bridgehead atoms. The van der Waals surface area contributed by atoms with Crippen LogP contribution in [0.25, 0.3) is 0 Å². The minimum absolute atomic E-state index is 0.112. The monoisotopic (exact) mass is 196 g/mol. The first kappa shape index (κ1) is 9.61. The minimum atomic E-state index is -0.112. The predicted molar refractivity (Wildman–Crippen MR) is 51.8 cm³/mol. The summed E-state index contributed by atoms with van der Waals surface area (Å²) >= 11 is 0. The van der Waals surface area contributed by atoms with Gasteiger partial charge in [-0.1, -0.05) is 0 Å². The standard InChI is InChI=1S/C9H16N4O/c1-14-5-4-7(10)9-11-8(12-13-9)6-2-3-6/h6-7H,2-5,10H2,1H3,(H,11,12,13). The molecule has 0 spiro atoms. The van der Waals surface area contributed by atoms with Gasteiger partial charge >= 0.3 is 0 Å². The molecule has 0 radical (unpaired) electrons. The Morgan fingerprint density at radius 1 is 1.64 bits per heavy atom. The average molecular weight is 196 g/mol. The van der Waals surface area contributed by atoms with E-state index in [1.807, 2.05) is 0 Å². The van der Waals surface area contributed by atoms with Crippen molar-refractivity contribution in [3.05, 3.63) is 11.6 Å². The fourth-order valence-corrected chi connectivity index (χ4v) is 1.37. The van der Waals surface area contributed by atoms with Gasteiger partial charge < -0.3 is 10.5 Å². The maximum Gasteiger partial charge on any atom is 0.167 e. The van der Waals surface area contributed by atoms with Gasteiger partial charge in [-0.3, -0.25) is 5.10 Å². The number of hydrogen-bond acceptors (Lipinski definition) is 4. The van der Waals surface area contributed by atoms with Crippen molar-refractivity contribution in [2.75, 3.05) is 13.7 Å². The second-order valence-corrected chi connectivity index (χ2v) is 3.74. The molecule has 1 aromatic heterocycles. The summed E-state index contributed by atoms with van der Waals surface area (Å²) in [4.78, 5) is 4.38. The van der Waals surface area contributed by atoms with Gasteiger partial charge in [0.2, 0.25) is 0 Å². The molecule has 0 saturated heterocycles. The largest absolute Gasteiger partial charge is 0.385 e. The predicted octanol–water partition coefficient (Wildman–Crippen LogP) is 0.718. The second kappa shape index (κ2) is 4.06. The van der Waals surface area contributed by atoms with Gasteiger partial charge in [-0.05, 0) is 19.3 Å². The molecule has 1 saturated carbocycles. The average Bonchev–Trinajstić information content (AvgIpc) is 2.93. The number of H-pyrrole nitrogens is 1. The Hall–Kier alpha value is -0.940. The van der Waals surface area contributed by atoms with Gasteiger partial charge in [0.25, 0.3) is 0 Å². The number of ether oxygens (including phenoxy) is 1. The molecule has 0 amide bonds. The number of aromatic amines is 1. The highest BCUT2D eigenvalue weighted by Gasteiger charge is 2.27. The van der Waals surface area contributed by atoms with E-state index in [-0.39, 0.29) is 6.04 Å². The number of methoxy groups -OCH3 is 1. The Labute approximate surface area is 83.1 Å². The molecule has 5 nitrogen and oxygen atoms in total. The van der Waals surface area contributed by atoms with E-state index >= 15 is 0 Å². The fraction of sp³-hybridized carbons (Fsp3) is 0.778. The lowest BCUT2D eigenvalue weighted by molar-refractivity contribution is 0.187. The summed E-state index contributed by atoms with van der Waals surface area (Å²) in [5.41, 5.74) is 5.89. The zero-order valence-corrected chi connectivity index (χ0v) is 8.36. The van der Waals surface area contributed by atoms with E-state index < -0.39 is 0 Å². The first-order valence-corrected chi connectivity index (χ1v) is 4.98. The molecule has 1 heterocycles. The lowest BCUT2D eigenvalue weighted by Crippen LogP contribution is -2.14. The van der Waals surface area contributed by atoms with Gasteiger partial charge in [-0.2, -0.15) is 5.10 Å². The maximum absolute atomic E-state index is 5.89. The van der Waals surface area contributed by atoms with Crippen molar-refractivity contribution in [3.63, 3.8) is 0 Å². The van der Waals surface area contributed by atoms with Crippen LogP contribution in [0.2, 0.25) is 0 Å². The topological polar surface area (TPSA) is 76.8 Å². The molecular weight excluding hydrogens is 180 g/mol. The number of nitrogens with one attached hydrogen (secondary N) is 1. The van der Waals surface area contributed by atoms with Crippen molar-refractivity contribution in [3.8, 4) is 0 Å². The van der Waals surface area contributed by atoms with E-state index in [4.69, 9.17) is 10.5 Å². The molecule has 2 rings (SSSR count). The first-order valence-electron chi connectivity index (χ1n) is 4.98. The van der Waals surface area contributed by atoms with Crippen LogP contribution in [0.15, 0.2) is 0 Å². The highest BCUT2D eigenvalue weighted by Crippen LogP contribution is 2.37. The molecule has 1 atom stereocenters. The Morgan fingerprint density at radius 3 is 3.07 bits per heavy atom. The quantitative estimate of drug-likeness (QED) is 0.727. The number of nitrogens with two attached hydrogens (primary N) is 1.